The molecule has 0 fully saturated rings. The van der Waals surface area contributed by atoms with Gasteiger partial charge in [0.2, 0.25) is 0 Å². The largest absolute Gasteiger partial charge is 0.482 e. The summed E-state index contributed by atoms with van der Waals surface area (Å²) in [7, 11) is 0. The molecule has 0 heterocycles. The fourth-order valence-corrected chi connectivity index (χ4v) is 3.26. The highest BCUT2D eigenvalue weighted by molar-refractivity contribution is 6.32. The number of anilines is 1. The third-order valence-corrected chi connectivity index (χ3v) is 5.06. The van der Waals surface area contributed by atoms with Crippen molar-refractivity contribution in [1.82, 2.24) is 5.32 Å². The quantitative estimate of drug-likeness (QED) is 0.341. The highest BCUT2D eigenvalue weighted by Crippen LogP contribution is 2.26. The van der Waals surface area contributed by atoms with Gasteiger partial charge < -0.3 is 15.4 Å². The Hall–Kier alpha value is -4.15. The van der Waals surface area contributed by atoms with Crippen LogP contribution in [0.1, 0.15) is 24.1 Å². The highest BCUT2D eigenvalue weighted by Gasteiger charge is 2.14. The molecule has 172 valence electrons. The summed E-state index contributed by atoms with van der Waals surface area (Å²) in [5.41, 5.74) is 1.80. The lowest BCUT2D eigenvalue weighted by molar-refractivity contribution is -0.118. The van der Waals surface area contributed by atoms with Crippen LogP contribution in [0.2, 0.25) is 5.02 Å². The van der Waals surface area contributed by atoms with Crippen LogP contribution in [0.5, 0.6) is 5.75 Å². The molecule has 2 amide bonds. The standard InChI is InChI=1S/C26H21ClFN3O3/c1-17(19-5-3-2-4-6-19)30-26(33)20(15-29)13-18-7-12-24(23(27)14-18)34-16-25(32)31-22-10-8-21(28)9-11-22/h2-14,17H,16H2,1H3,(H,30,33)(H,31,32)/b20-13-/t17-/m1/s1. The Morgan fingerprint density at radius 3 is 2.47 bits per heavy atom. The van der Waals surface area contributed by atoms with E-state index in [-0.39, 0.29) is 29.0 Å². The van der Waals surface area contributed by atoms with Crippen molar-refractivity contribution in [1.29, 1.82) is 5.26 Å². The zero-order valence-electron chi connectivity index (χ0n) is 18.2. The number of halogens is 2. The maximum Gasteiger partial charge on any atom is 0.262 e. The lowest BCUT2D eigenvalue weighted by atomic mass is 10.1. The number of carbonyl (C=O) groups excluding carboxylic acids is 2. The van der Waals surface area contributed by atoms with Crippen LogP contribution in [-0.2, 0) is 9.59 Å². The van der Waals surface area contributed by atoms with E-state index >= 15 is 0 Å². The minimum absolute atomic E-state index is 0.0776. The lowest BCUT2D eigenvalue weighted by Gasteiger charge is -2.14. The first kappa shape index (κ1) is 24.5. The summed E-state index contributed by atoms with van der Waals surface area (Å²) in [6.07, 6.45) is 1.42. The molecule has 0 bridgehead atoms. The number of rotatable bonds is 8. The first-order chi connectivity index (χ1) is 16.4. The fourth-order valence-electron chi connectivity index (χ4n) is 3.01. The molecule has 0 aliphatic carbocycles. The summed E-state index contributed by atoms with van der Waals surface area (Å²) >= 11 is 6.25. The van der Waals surface area contributed by atoms with Crippen molar-refractivity contribution in [2.24, 2.45) is 0 Å². The number of ether oxygens (including phenoxy) is 1. The summed E-state index contributed by atoms with van der Waals surface area (Å²) in [4.78, 5) is 24.6. The summed E-state index contributed by atoms with van der Waals surface area (Å²) in [6.45, 7) is 1.52. The number of amides is 2. The molecule has 1 atom stereocenters. The number of nitriles is 1. The van der Waals surface area contributed by atoms with Crippen LogP contribution in [0.15, 0.2) is 78.4 Å². The SMILES string of the molecule is C[C@@H](NC(=O)/C(C#N)=C\c1ccc(OCC(=O)Nc2ccc(F)cc2)c(Cl)c1)c1ccccc1. The minimum Gasteiger partial charge on any atom is -0.482 e. The van der Waals surface area contributed by atoms with E-state index in [0.29, 0.717) is 11.3 Å². The molecule has 2 N–H and O–H groups in total. The number of benzene rings is 3. The van der Waals surface area contributed by atoms with Gasteiger partial charge >= 0.3 is 0 Å². The molecule has 0 saturated carbocycles. The number of nitrogens with one attached hydrogen (secondary N) is 2. The average Bonchev–Trinajstić information content (AvgIpc) is 2.83. The normalized spacial score (nSPS) is 11.8. The monoisotopic (exact) mass is 477 g/mol. The van der Waals surface area contributed by atoms with Crippen LogP contribution >= 0.6 is 11.6 Å². The van der Waals surface area contributed by atoms with Gasteiger partial charge in [-0.3, -0.25) is 9.59 Å². The van der Waals surface area contributed by atoms with E-state index in [9.17, 15) is 19.2 Å². The molecular weight excluding hydrogens is 457 g/mol. The Kier molecular flexibility index (Phi) is 8.38. The lowest BCUT2D eigenvalue weighted by Crippen LogP contribution is -2.27. The molecule has 0 saturated heterocycles. The summed E-state index contributed by atoms with van der Waals surface area (Å²) in [5, 5.41) is 15.0. The summed E-state index contributed by atoms with van der Waals surface area (Å²) < 4.78 is 18.4. The smallest absolute Gasteiger partial charge is 0.262 e. The van der Waals surface area contributed by atoms with Crippen LogP contribution in [0, 0.1) is 17.1 Å². The van der Waals surface area contributed by atoms with Crippen molar-refractivity contribution in [3.8, 4) is 11.8 Å². The van der Waals surface area contributed by atoms with Gasteiger partial charge in [0.1, 0.15) is 23.2 Å². The van der Waals surface area contributed by atoms with Crippen LogP contribution in [0.25, 0.3) is 6.08 Å². The third kappa shape index (κ3) is 6.92. The van der Waals surface area contributed by atoms with Gasteiger partial charge in [-0.15, -0.1) is 0 Å². The van der Waals surface area contributed by atoms with Gasteiger partial charge in [-0.1, -0.05) is 48.0 Å². The zero-order valence-corrected chi connectivity index (χ0v) is 19.0. The Morgan fingerprint density at radius 2 is 1.82 bits per heavy atom. The fraction of sp³-hybridized carbons (Fsp3) is 0.115. The number of hydrogen-bond acceptors (Lipinski definition) is 4. The van der Waals surface area contributed by atoms with E-state index in [4.69, 9.17) is 16.3 Å². The molecule has 8 heteroatoms. The van der Waals surface area contributed by atoms with E-state index in [1.54, 1.807) is 12.1 Å². The van der Waals surface area contributed by atoms with Crippen molar-refractivity contribution in [2.45, 2.75) is 13.0 Å². The molecular formula is C26H21ClFN3O3. The second-order valence-electron chi connectivity index (χ2n) is 7.31. The molecule has 3 aromatic carbocycles. The van der Waals surface area contributed by atoms with Gasteiger partial charge in [0.05, 0.1) is 11.1 Å². The van der Waals surface area contributed by atoms with E-state index in [1.165, 1.54) is 36.4 Å². The maximum atomic E-state index is 12.9. The van der Waals surface area contributed by atoms with Crippen LogP contribution < -0.4 is 15.4 Å². The Bertz CT molecular complexity index is 1240. The highest BCUT2D eigenvalue weighted by atomic mass is 35.5. The van der Waals surface area contributed by atoms with Crippen LogP contribution in [0.3, 0.4) is 0 Å². The number of nitrogens with zero attached hydrogens (tertiary/aromatic N) is 1. The van der Waals surface area contributed by atoms with Gasteiger partial charge in [0, 0.05) is 5.69 Å². The molecule has 0 aliphatic rings. The molecule has 0 spiro atoms. The third-order valence-electron chi connectivity index (χ3n) is 4.77. The molecule has 0 aromatic heterocycles. The van der Waals surface area contributed by atoms with Gasteiger partial charge in [0.15, 0.2) is 6.61 Å². The predicted molar refractivity (Wildman–Crippen MR) is 129 cm³/mol. The summed E-state index contributed by atoms with van der Waals surface area (Å²) in [6, 6.07) is 21.1. The van der Waals surface area contributed by atoms with Gasteiger partial charge in [0.25, 0.3) is 11.8 Å². The van der Waals surface area contributed by atoms with E-state index in [2.05, 4.69) is 10.6 Å². The Morgan fingerprint density at radius 1 is 1.12 bits per heavy atom. The van der Waals surface area contributed by atoms with Crippen LogP contribution in [-0.4, -0.2) is 18.4 Å². The Labute approximate surface area is 201 Å². The van der Waals surface area contributed by atoms with Crippen molar-refractivity contribution in [3.63, 3.8) is 0 Å². The van der Waals surface area contributed by atoms with E-state index in [0.717, 1.165) is 5.56 Å². The second kappa shape index (κ2) is 11.6. The van der Waals surface area contributed by atoms with Crippen molar-refractivity contribution in [3.05, 3.63) is 100 Å². The molecule has 3 rings (SSSR count). The zero-order chi connectivity index (χ0) is 24.5. The van der Waals surface area contributed by atoms with Gasteiger partial charge in [-0.2, -0.15) is 5.26 Å². The van der Waals surface area contributed by atoms with E-state index < -0.39 is 17.6 Å². The second-order valence-corrected chi connectivity index (χ2v) is 7.72. The molecule has 3 aromatic rings. The molecule has 0 aliphatic heterocycles. The van der Waals surface area contributed by atoms with Crippen molar-refractivity contribution in [2.75, 3.05) is 11.9 Å². The first-order valence-corrected chi connectivity index (χ1v) is 10.7. The number of hydrogen-bond donors (Lipinski definition) is 2. The maximum absolute atomic E-state index is 12.9. The van der Waals surface area contributed by atoms with Crippen molar-refractivity contribution >= 4 is 35.2 Å². The molecule has 0 unspecified atom stereocenters. The Balaban J connectivity index is 1.61. The minimum atomic E-state index is -0.507. The number of carbonyl (C=O) groups is 2. The van der Waals surface area contributed by atoms with Gasteiger partial charge in [-0.25, -0.2) is 4.39 Å². The van der Waals surface area contributed by atoms with Crippen LogP contribution in [0.4, 0.5) is 10.1 Å². The topological polar surface area (TPSA) is 91.2 Å². The summed E-state index contributed by atoms with van der Waals surface area (Å²) in [5.74, 6) is -1.10. The van der Waals surface area contributed by atoms with Crippen molar-refractivity contribution < 1.29 is 18.7 Å². The van der Waals surface area contributed by atoms with Gasteiger partial charge in [-0.05, 0) is 60.5 Å². The molecule has 34 heavy (non-hydrogen) atoms. The first-order valence-electron chi connectivity index (χ1n) is 10.3. The average molecular weight is 478 g/mol. The molecule has 6 nitrogen and oxygen atoms in total. The van der Waals surface area contributed by atoms with E-state index in [1.807, 2.05) is 43.3 Å². The molecule has 0 radical (unpaired) electrons. The predicted octanol–water partition coefficient (Wildman–Crippen LogP) is 5.28.